The number of carbonyl (C=O) groups is 2. The van der Waals surface area contributed by atoms with Crippen molar-refractivity contribution in [3.63, 3.8) is 0 Å². The summed E-state index contributed by atoms with van der Waals surface area (Å²) in [6, 6.07) is -0.320. The Labute approximate surface area is 177 Å². The van der Waals surface area contributed by atoms with Gasteiger partial charge in [-0.15, -0.1) is 0 Å². The lowest BCUT2D eigenvalue weighted by atomic mass is 9.77. The number of amides is 2. The average molecular weight is 414 g/mol. The van der Waals surface area contributed by atoms with Gasteiger partial charge in [-0.05, 0) is 52.9 Å². The van der Waals surface area contributed by atoms with Gasteiger partial charge in [-0.2, -0.15) is 0 Å². The van der Waals surface area contributed by atoms with Gasteiger partial charge in [0, 0.05) is 38.8 Å². The van der Waals surface area contributed by atoms with Crippen LogP contribution in [0.2, 0.25) is 0 Å². The van der Waals surface area contributed by atoms with Gasteiger partial charge in [0.2, 0.25) is 11.8 Å². The molecule has 7 heteroatoms. The van der Waals surface area contributed by atoms with Gasteiger partial charge in [0.15, 0.2) is 0 Å². The van der Waals surface area contributed by atoms with E-state index in [1.54, 1.807) is 14.2 Å². The number of nitrogens with zero attached hydrogens (tertiary/aromatic N) is 1. The average Bonchev–Trinajstić information content (AvgIpc) is 2.94. The van der Waals surface area contributed by atoms with Crippen LogP contribution in [-0.2, 0) is 19.1 Å². The summed E-state index contributed by atoms with van der Waals surface area (Å²) in [5, 5.41) is 3.05. The predicted octanol–water partition coefficient (Wildman–Crippen LogP) is 2.32. The monoisotopic (exact) mass is 413 g/mol. The van der Waals surface area contributed by atoms with Crippen LogP contribution >= 0.6 is 0 Å². The number of methoxy groups -OCH3 is 2. The lowest BCUT2D eigenvalue weighted by Crippen LogP contribution is -2.54. The first-order valence-electron chi connectivity index (χ1n) is 10.5. The summed E-state index contributed by atoms with van der Waals surface area (Å²) >= 11 is 0. The van der Waals surface area contributed by atoms with Crippen LogP contribution < -0.4 is 11.1 Å². The molecule has 1 heterocycles. The Balaban J connectivity index is 2.79. The molecule has 0 aromatic rings. The zero-order chi connectivity index (χ0) is 22.6. The number of nitrogens with one attached hydrogen (secondary N) is 1. The minimum Gasteiger partial charge on any atom is -0.383 e. The van der Waals surface area contributed by atoms with Gasteiger partial charge in [-0.3, -0.25) is 9.59 Å². The molecule has 1 aliphatic rings. The third-order valence-electron chi connectivity index (χ3n) is 5.91. The fourth-order valence-corrected chi connectivity index (χ4v) is 4.40. The summed E-state index contributed by atoms with van der Waals surface area (Å²) in [6.07, 6.45) is 1.87. The Kier molecular flexibility index (Phi) is 8.69. The van der Waals surface area contributed by atoms with Crippen LogP contribution in [0.3, 0.4) is 0 Å². The first-order valence-corrected chi connectivity index (χ1v) is 10.5. The zero-order valence-electron chi connectivity index (χ0n) is 19.9. The van der Waals surface area contributed by atoms with Crippen molar-refractivity contribution in [1.29, 1.82) is 0 Å². The van der Waals surface area contributed by atoms with Crippen molar-refractivity contribution in [3.05, 3.63) is 0 Å². The van der Waals surface area contributed by atoms with Crippen molar-refractivity contribution in [2.45, 2.75) is 91.5 Å². The number of hydrogen-bond donors (Lipinski definition) is 2. The van der Waals surface area contributed by atoms with Gasteiger partial charge in [-0.1, -0.05) is 13.8 Å². The predicted molar refractivity (Wildman–Crippen MR) is 115 cm³/mol. The molecule has 1 fully saturated rings. The molecule has 170 valence electrons. The molecule has 1 saturated heterocycles. The van der Waals surface area contributed by atoms with Gasteiger partial charge in [-0.25, -0.2) is 0 Å². The Bertz CT molecular complexity index is 569. The SMILES string of the molecule is COC[C@@H]1C[C@@H](OC)CN1C(=O)C(C)(C)C(C)NC(=O)CC(C)(C)CC(C)(C)N. The highest BCUT2D eigenvalue weighted by molar-refractivity contribution is 5.85. The van der Waals surface area contributed by atoms with Crippen LogP contribution in [0.5, 0.6) is 0 Å². The number of likely N-dealkylation sites (tertiary alicyclic amines) is 1. The highest BCUT2D eigenvalue weighted by atomic mass is 16.5. The minimum atomic E-state index is -0.748. The number of nitrogens with two attached hydrogens (primary N) is 1. The van der Waals surface area contributed by atoms with E-state index in [1.165, 1.54) is 0 Å². The summed E-state index contributed by atoms with van der Waals surface area (Å²) in [5.74, 6) is -0.0495. The quantitative estimate of drug-likeness (QED) is 0.573. The van der Waals surface area contributed by atoms with E-state index in [9.17, 15) is 9.59 Å². The lowest BCUT2D eigenvalue weighted by Gasteiger charge is -2.38. The number of rotatable bonds is 10. The van der Waals surface area contributed by atoms with Gasteiger partial charge in [0.05, 0.1) is 24.2 Å². The molecule has 29 heavy (non-hydrogen) atoms. The fourth-order valence-electron chi connectivity index (χ4n) is 4.40. The summed E-state index contributed by atoms with van der Waals surface area (Å²) in [7, 11) is 3.31. The van der Waals surface area contributed by atoms with Crippen LogP contribution in [0.25, 0.3) is 0 Å². The molecule has 0 bridgehead atoms. The summed E-state index contributed by atoms with van der Waals surface area (Å²) < 4.78 is 10.8. The van der Waals surface area contributed by atoms with Gasteiger partial charge < -0.3 is 25.4 Å². The molecule has 3 atom stereocenters. The van der Waals surface area contributed by atoms with Crippen molar-refractivity contribution < 1.29 is 19.1 Å². The van der Waals surface area contributed by atoms with Gasteiger partial charge in [0.1, 0.15) is 0 Å². The maximum Gasteiger partial charge on any atom is 0.230 e. The molecule has 0 aromatic carbocycles. The number of carbonyl (C=O) groups excluding carboxylic acids is 2. The molecule has 1 rings (SSSR count). The van der Waals surface area contributed by atoms with E-state index in [0.29, 0.717) is 19.6 Å². The summed E-state index contributed by atoms with van der Waals surface area (Å²) in [5.41, 5.74) is 4.83. The van der Waals surface area contributed by atoms with E-state index in [-0.39, 0.29) is 41.0 Å². The number of ether oxygens (including phenoxy) is 2. The van der Waals surface area contributed by atoms with Crippen LogP contribution in [0.15, 0.2) is 0 Å². The van der Waals surface area contributed by atoms with Crippen molar-refractivity contribution >= 4 is 11.8 Å². The second-order valence-electron chi connectivity index (χ2n) is 10.7. The summed E-state index contributed by atoms with van der Waals surface area (Å²) in [6.45, 7) is 14.7. The molecule has 0 saturated carbocycles. The molecule has 1 unspecified atom stereocenters. The smallest absolute Gasteiger partial charge is 0.230 e. The molecule has 0 aliphatic carbocycles. The second kappa shape index (κ2) is 9.75. The standard InChI is InChI=1S/C22H43N3O4/c1-15(24-18(26)11-20(2,3)14-21(4,5)23)22(6,7)19(27)25-12-17(29-9)10-16(25)13-28-8/h15-17H,10-14,23H2,1-9H3,(H,24,26)/t15?,16-,17+/m0/s1. The van der Waals surface area contributed by atoms with E-state index in [1.807, 2.05) is 53.4 Å². The van der Waals surface area contributed by atoms with Gasteiger partial charge >= 0.3 is 0 Å². The topological polar surface area (TPSA) is 93.9 Å². The van der Waals surface area contributed by atoms with E-state index >= 15 is 0 Å². The molecule has 0 aromatic heterocycles. The van der Waals surface area contributed by atoms with Crippen LogP contribution in [0.4, 0.5) is 0 Å². The van der Waals surface area contributed by atoms with E-state index < -0.39 is 5.41 Å². The molecule has 2 amide bonds. The first kappa shape index (κ1) is 25.9. The molecular weight excluding hydrogens is 370 g/mol. The second-order valence-corrected chi connectivity index (χ2v) is 10.7. The fraction of sp³-hybridized carbons (Fsp3) is 0.909. The molecule has 7 nitrogen and oxygen atoms in total. The highest BCUT2D eigenvalue weighted by Crippen LogP contribution is 2.32. The maximum atomic E-state index is 13.4. The van der Waals surface area contributed by atoms with E-state index in [0.717, 1.165) is 12.8 Å². The Morgan fingerprint density at radius 2 is 1.76 bits per heavy atom. The Morgan fingerprint density at radius 1 is 1.17 bits per heavy atom. The van der Waals surface area contributed by atoms with Crippen molar-refractivity contribution in [3.8, 4) is 0 Å². The van der Waals surface area contributed by atoms with Crippen molar-refractivity contribution in [2.24, 2.45) is 16.6 Å². The summed E-state index contributed by atoms with van der Waals surface area (Å²) in [4.78, 5) is 27.9. The Morgan fingerprint density at radius 3 is 2.24 bits per heavy atom. The van der Waals surface area contributed by atoms with Gasteiger partial charge in [0.25, 0.3) is 0 Å². The largest absolute Gasteiger partial charge is 0.383 e. The first-order chi connectivity index (χ1) is 13.1. The normalized spacial score (nSPS) is 21.9. The van der Waals surface area contributed by atoms with Crippen LogP contribution in [-0.4, -0.2) is 67.8 Å². The van der Waals surface area contributed by atoms with Crippen LogP contribution in [0, 0.1) is 10.8 Å². The van der Waals surface area contributed by atoms with Crippen molar-refractivity contribution in [2.75, 3.05) is 27.4 Å². The molecular formula is C22H43N3O4. The van der Waals surface area contributed by atoms with Crippen LogP contribution in [0.1, 0.15) is 67.7 Å². The molecule has 0 spiro atoms. The molecule has 0 radical (unpaired) electrons. The third-order valence-corrected chi connectivity index (χ3v) is 5.91. The molecule has 3 N–H and O–H groups in total. The zero-order valence-corrected chi connectivity index (χ0v) is 19.9. The van der Waals surface area contributed by atoms with E-state index in [4.69, 9.17) is 15.2 Å². The van der Waals surface area contributed by atoms with Crippen molar-refractivity contribution in [1.82, 2.24) is 10.2 Å². The molecule has 1 aliphatic heterocycles. The maximum absolute atomic E-state index is 13.4. The highest BCUT2D eigenvalue weighted by Gasteiger charge is 2.44. The minimum absolute atomic E-state index is 0.00857. The Hall–Kier alpha value is -1.18. The van der Waals surface area contributed by atoms with E-state index in [2.05, 4.69) is 5.32 Å². The third kappa shape index (κ3) is 7.54. The number of hydrogen-bond acceptors (Lipinski definition) is 5. The lowest BCUT2D eigenvalue weighted by molar-refractivity contribution is -0.144.